The Morgan fingerprint density at radius 1 is 1.15 bits per heavy atom. The minimum Gasteiger partial charge on any atom is -0.346 e. The Bertz CT molecular complexity index is 1150. The minimum absolute atomic E-state index is 0.149. The number of aromatic amines is 1. The summed E-state index contributed by atoms with van der Waals surface area (Å²) in [7, 11) is 0. The topological polar surface area (TPSA) is 76.8 Å². The quantitative estimate of drug-likeness (QED) is 0.382. The lowest BCUT2D eigenvalue weighted by molar-refractivity contribution is -0.384. The lowest BCUT2D eigenvalue weighted by Gasteiger charge is -2.26. The van der Waals surface area contributed by atoms with Crippen molar-refractivity contribution in [3.8, 4) is 11.3 Å². The van der Waals surface area contributed by atoms with Gasteiger partial charge in [-0.15, -0.1) is 0 Å². The van der Waals surface area contributed by atoms with E-state index in [0.717, 1.165) is 40.5 Å². The van der Waals surface area contributed by atoms with E-state index >= 15 is 0 Å². The Labute approximate surface area is 156 Å². The normalized spacial score (nSPS) is 15.6. The fourth-order valence-corrected chi connectivity index (χ4v) is 4.50. The van der Waals surface area contributed by atoms with Crippen LogP contribution in [-0.2, 0) is 0 Å². The van der Waals surface area contributed by atoms with Gasteiger partial charge >= 0.3 is 0 Å². The van der Waals surface area contributed by atoms with E-state index < -0.39 is 0 Å². The van der Waals surface area contributed by atoms with Gasteiger partial charge in [-0.3, -0.25) is 10.1 Å². The second-order valence-electron chi connectivity index (χ2n) is 7.27. The van der Waals surface area contributed by atoms with Crippen LogP contribution in [0.5, 0.6) is 0 Å². The molecule has 4 aromatic rings. The molecule has 1 saturated carbocycles. The predicted molar refractivity (Wildman–Crippen MR) is 106 cm³/mol. The van der Waals surface area contributed by atoms with E-state index in [1.54, 1.807) is 12.1 Å². The van der Waals surface area contributed by atoms with Crippen molar-refractivity contribution in [1.82, 2.24) is 14.5 Å². The van der Waals surface area contributed by atoms with Crippen LogP contribution in [0, 0.1) is 10.1 Å². The van der Waals surface area contributed by atoms with Crippen molar-refractivity contribution in [3.63, 3.8) is 0 Å². The van der Waals surface area contributed by atoms with Crippen LogP contribution < -0.4 is 0 Å². The number of para-hydroxylation sites is 1. The molecule has 136 valence electrons. The maximum absolute atomic E-state index is 11.6. The van der Waals surface area contributed by atoms with Crippen molar-refractivity contribution in [2.24, 2.45) is 0 Å². The largest absolute Gasteiger partial charge is 0.346 e. The summed E-state index contributed by atoms with van der Waals surface area (Å²) < 4.78 is 2.34. The highest BCUT2D eigenvalue weighted by molar-refractivity contribution is 6.05. The van der Waals surface area contributed by atoms with Gasteiger partial charge in [-0.25, -0.2) is 4.98 Å². The van der Waals surface area contributed by atoms with Crippen LogP contribution in [0.2, 0.25) is 0 Å². The number of hydrogen-bond donors (Lipinski definition) is 1. The van der Waals surface area contributed by atoms with Crippen molar-refractivity contribution in [2.45, 2.75) is 38.1 Å². The van der Waals surface area contributed by atoms with Crippen molar-refractivity contribution < 1.29 is 4.92 Å². The number of rotatable bonds is 3. The number of nitro groups is 1. The molecule has 0 radical (unpaired) electrons. The fraction of sp³-hybridized carbons (Fsp3) is 0.286. The molecule has 27 heavy (non-hydrogen) atoms. The Morgan fingerprint density at radius 3 is 2.78 bits per heavy atom. The third kappa shape index (κ3) is 2.51. The number of hydrogen-bond acceptors (Lipinski definition) is 3. The van der Waals surface area contributed by atoms with Crippen LogP contribution >= 0.6 is 0 Å². The number of benzene rings is 1. The Hall–Kier alpha value is -3.15. The average molecular weight is 360 g/mol. The molecule has 0 atom stereocenters. The van der Waals surface area contributed by atoms with Crippen molar-refractivity contribution >= 4 is 27.6 Å². The smallest absolute Gasteiger partial charge is 0.278 e. The number of pyridine rings is 1. The number of nitrogens with one attached hydrogen (secondary N) is 1. The first-order valence-corrected chi connectivity index (χ1v) is 9.45. The molecule has 1 aliphatic rings. The molecule has 0 aliphatic heterocycles. The predicted octanol–water partition coefficient (Wildman–Crippen LogP) is 5.60. The van der Waals surface area contributed by atoms with E-state index in [4.69, 9.17) is 0 Å². The minimum atomic E-state index is -0.289. The average Bonchev–Trinajstić information content (AvgIpc) is 3.32. The van der Waals surface area contributed by atoms with E-state index in [2.05, 4.69) is 20.6 Å². The molecular weight excluding hydrogens is 340 g/mol. The van der Waals surface area contributed by atoms with Gasteiger partial charge in [-0.2, -0.15) is 0 Å². The SMILES string of the molecule is O=[N+]([O-])c1ccccc1-c1cc2cnc3[nH]ccc3c2n1C1CCCCC1. The number of H-pyrrole nitrogens is 1. The van der Waals surface area contributed by atoms with Gasteiger partial charge in [0.15, 0.2) is 0 Å². The second kappa shape index (κ2) is 6.23. The van der Waals surface area contributed by atoms with Crippen molar-refractivity contribution in [2.75, 3.05) is 0 Å². The molecule has 1 fully saturated rings. The van der Waals surface area contributed by atoms with E-state index in [1.807, 2.05) is 30.6 Å². The van der Waals surface area contributed by atoms with E-state index in [-0.39, 0.29) is 10.6 Å². The van der Waals surface area contributed by atoms with Gasteiger partial charge in [0.2, 0.25) is 0 Å². The summed E-state index contributed by atoms with van der Waals surface area (Å²) in [6.07, 6.45) is 9.63. The number of nitro benzene ring substituents is 1. The molecule has 1 aromatic carbocycles. The Balaban J connectivity index is 1.86. The van der Waals surface area contributed by atoms with Crippen LogP contribution in [0.15, 0.2) is 48.8 Å². The van der Waals surface area contributed by atoms with Crippen LogP contribution in [0.1, 0.15) is 38.1 Å². The van der Waals surface area contributed by atoms with Crippen molar-refractivity contribution in [3.05, 3.63) is 58.9 Å². The molecule has 1 aliphatic carbocycles. The molecule has 0 saturated heterocycles. The summed E-state index contributed by atoms with van der Waals surface area (Å²) in [5, 5.41) is 13.7. The van der Waals surface area contributed by atoms with Gasteiger partial charge in [-0.1, -0.05) is 31.4 Å². The zero-order valence-electron chi connectivity index (χ0n) is 14.9. The molecule has 0 bridgehead atoms. The van der Waals surface area contributed by atoms with Gasteiger partial charge < -0.3 is 9.55 Å². The van der Waals surface area contributed by atoms with Crippen molar-refractivity contribution in [1.29, 1.82) is 0 Å². The van der Waals surface area contributed by atoms with Gasteiger partial charge in [0, 0.05) is 35.3 Å². The summed E-state index contributed by atoms with van der Waals surface area (Å²) in [5.41, 5.74) is 3.72. The standard InChI is InChI=1S/C21H20N4O2/c26-25(27)18-9-5-4-8-16(18)19-12-14-13-23-21-17(10-11-22-21)20(14)24(19)15-6-2-1-3-7-15/h4-5,8-13,15H,1-3,6-7H2,(H,22,23). The van der Waals surface area contributed by atoms with Gasteiger partial charge in [-0.05, 0) is 31.0 Å². The first-order chi connectivity index (χ1) is 13.2. The summed E-state index contributed by atoms with van der Waals surface area (Å²) in [6, 6.07) is 11.5. The summed E-state index contributed by atoms with van der Waals surface area (Å²) >= 11 is 0. The maximum atomic E-state index is 11.6. The molecule has 6 nitrogen and oxygen atoms in total. The molecular formula is C21H20N4O2. The van der Waals surface area contributed by atoms with E-state index in [1.165, 1.54) is 19.3 Å². The zero-order chi connectivity index (χ0) is 18.4. The highest BCUT2D eigenvalue weighted by Crippen LogP contribution is 2.41. The fourth-order valence-electron chi connectivity index (χ4n) is 4.50. The summed E-state index contributed by atoms with van der Waals surface area (Å²) in [4.78, 5) is 19.1. The highest BCUT2D eigenvalue weighted by atomic mass is 16.6. The molecule has 0 spiro atoms. The van der Waals surface area contributed by atoms with Crippen LogP contribution in [-0.4, -0.2) is 19.5 Å². The molecule has 0 amide bonds. The Morgan fingerprint density at radius 2 is 1.96 bits per heavy atom. The maximum Gasteiger partial charge on any atom is 0.278 e. The lowest BCUT2D eigenvalue weighted by Crippen LogP contribution is -2.14. The molecule has 3 heterocycles. The molecule has 0 unspecified atom stereocenters. The molecule has 5 rings (SSSR count). The number of nitrogens with zero attached hydrogens (tertiary/aromatic N) is 3. The van der Waals surface area contributed by atoms with Crippen LogP contribution in [0.4, 0.5) is 5.69 Å². The lowest BCUT2D eigenvalue weighted by atomic mass is 9.94. The van der Waals surface area contributed by atoms with Crippen LogP contribution in [0.25, 0.3) is 33.2 Å². The third-order valence-corrected chi connectivity index (χ3v) is 5.70. The zero-order valence-corrected chi connectivity index (χ0v) is 14.9. The van der Waals surface area contributed by atoms with E-state index in [0.29, 0.717) is 11.6 Å². The van der Waals surface area contributed by atoms with Crippen LogP contribution in [0.3, 0.4) is 0 Å². The second-order valence-corrected chi connectivity index (χ2v) is 7.27. The third-order valence-electron chi connectivity index (χ3n) is 5.70. The molecule has 1 N–H and O–H groups in total. The highest BCUT2D eigenvalue weighted by Gasteiger charge is 2.26. The first kappa shape index (κ1) is 16.1. The van der Waals surface area contributed by atoms with Gasteiger partial charge in [0.1, 0.15) is 5.65 Å². The molecule has 3 aromatic heterocycles. The Kier molecular flexibility index (Phi) is 3.70. The van der Waals surface area contributed by atoms with E-state index in [9.17, 15) is 10.1 Å². The first-order valence-electron chi connectivity index (χ1n) is 9.45. The summed E-state index contributed by atoms with van der Waals surface area (Å²) in [6.45, 7) is 0. The monoisotopic (exact) mass is 360 g/mol. The number of fused-ring (bicyclic) bond motifs is 3. The van der Waals surface area contributed by atoms with Gasteiger partial charge in [0.05, 0.1) is 21.7 Å². The van der Waals surface area contributed by atoms with Gasteiger partial charge in [0.25, 0.3) is 5.69 Å². The molecule has 6 heteroatoms. The number of aromatic nitrogens is 3. The summed E-state index contributed by atoms with van der Waals surface area (Å²) in [5.74, 6) is 0.